The first-order chi connectivity index (χ1) is 12.3. The monoisotopic (exact) mass is 391 g/mol. The summed E-state index contributed by atoms with van der Waals surface area (Å²) >= 11 is 0.896. The third kappa shape index (κ3) is 3.44. The lowest BCUT2D eigenvalue weighted by Crippen LogP contribution is -2.27. The Morgan fingerprint density at radius 2 is 1.85 bits per heavy atom. The molecule has 1 heterocycles. The Labute approximate surface area is 155 Å². The van der Waals surface area contributed by atoms with Crippen LogP contribution in [0.3, 0.4) is 0 Å². The van der Waals surface area contributed by atoms with Crippen molar-refractivity contribution >= 4 is 38.1 Å². The summed E-state index contributed by atoms with van der Waals surface area (Å²) in [5.74, 6) is -0.491. The molecule has 2 aromatic carbocycles. The fourth-order valence-corrected chi connectivity index (χ4v) is 5.05. The SMILES string of the molecule is COc1ccc2cc(CN(C)S(=O)(=O)c3ccsc3C(=O)O)ccc2c1. The molecule has 0 amide bonds. The van der Waals surface area contributed by atoms with Crippen LogP contribution >= 0.6 is 11.3 Å². The minimum atomic E-state index is -3.89. The number of carboxylic acids is 1. The number of rotatable bonds is 6. The zero-order chi connectivity index (χ0) is 18.9. The lowest BCUT2D eigenvalue weighted by Gasteiger charge is -2.17. The minimum absolute atomic E-state index is 0.138. The Bertz CT molecular complexity index is 1070. The van der Waals surface area contributed by atoms with Gasteiger partial charge in [-0.1, -0.05) is 18.2 Å². The van der Waals surface area contributed by atoms with Gasteiger partial charge in [-0.3, -0.25) is 0 Å². The second kappa shape index (κ2) is 7.06. The molecule has 0 unspecified atom stereocenters. The van der Waals surface area contributed by atoms with E-state index < -0.39 is 16.0 Å². The molecule has 136 valence electrons. The summed E-state index contributed by atoms with van der Waals surface area (Å²) in [5.41, 5.74) is 0.806. The molecular weight excluding hydrogens is 374 g/mol. The first kappa shape index (κ1) is 18.4. The molecule has 1 aromatic heterocycles. The molecule has 26 heavy (non-hydrogen) atoms. The number of nitrogens with zero attached hydrogens (tertiary/aromatic N) is 1. The number of hydrogen-bond acceptors (Lipinski definition) is 5. The van der Waals surface area contributed by atoms with Crippen LogP contribution in [0.4, 0.5) is 0 Å². The van der Waals surface area contributed by atoms with E-state index in [1.165, 1.54) is 18.5 Å². The molecule has 0 aliphatic rings. The minimum Gasteiger partial charge on any atom is -0.497 e. The maximum atomic E-state index is 12.7. The van der Waals surface area contributed by atoms with Crippen LogP contribution in [0.2, 0.25) is 0 Å². The molecule has 0 radical (unpaired) electrons. The number of sulfonamides is 1. The van der Waals surface area contributed by atoms with Crippen LogP contribution in [0, 0.1) is 0 Å². The molecule has 0 aliphatic heterocycles. The van der Waals surface area contributed by atoms with Crippen molar-refractivity contribution in [1.29, 1.82) is 0 Å². The van der Waals surface area contributed by atoms with Crippen molar-refractivity contribution in [3.05, 3.63) is 58.3 Å². The molecule has 0 fully saturated rings. The Hall–Kier alpha value is -2.42. The number of carbonyl (C=O) groups is 1. The number of fused-ring (bicyclic) bond motifs is 1. The number of methoxy groups -OCH3 is 1. The molecule has 0 spiro atoms. The van der Waals surface area contributed by atoms with Gasteiger partial charge >= 0.3 is 5.97 Å². The predicted octanol–water partition coefficient (Wildman–Crippen LogP) is 3.43. The van der Waals surface area contributed by atoms with Gasteiger partial charge in [-0.2, -0.15) is 4.31 Å². The van der Waals surface area contributed by atoms with Crippen LogP contribution in [-0.2, 0) is 16.6 Å². The second-order valence-electron chi connectivity index (χ2n) is 5.73. The van der Waals surface area contributed by atoms with Crippen LogP contribution < -0.4 is 4.74 Å². The zero-order valence-corrected chi connectivity index (χ0v) is 15.8. The van der Waals surface area contributed by atoms with E-state index in [4.69, 9.17) is 9.84 Å². The largest absolute Gasteiger partial charge is 0.497 e. The number of hydrogen-bond donors (Lipinski definition) is 1. The molecule has 0 atom stereocenters. The molecule has 0 aliphatic carbocycles. The molecule has 0 saturated heterocycles. The van der Waals surface area contributed by atoms with Crippen molar-refractivity contribution in [3.8, 4) is 5.75 Å². The van der Waals surface area contributed by atoms with E-state index in [0.29, 0.717) is 0 Å². The van der Waals surface area contributed by atoms with Crippen molar-refractivity contribution in [2.75, 3.05) is 14.2 Å². The summed E-state index contributed by atoms with van der Waals surface area (Å²) < 4.78 is 31.8. The van der Waals surface area contributed by atoms with Crippen molar-refractivity contribution in [3.63, 3.8) is 0 Å². The van der Waals surface area contributed by atoms with Crippen molar-refractivity contribution < 1.29 is 23.1 Å². The van der Waals surface area contributed by atoms with Crippen LogP contribution in [0.5, 0.6) is 5.75 Å². The van der Waals surface area contributed by atoms with Gasteiger partial charge in [0.2, 0.25) is 10.0 Å². The van der Waals surface area contributed by atoms with E-state index in [-0.39, 0.29) is 16.3 Å². The number of aromatic carboxylic acids is 1. The van der Waals surface area contributed by atoms with E-state index in [2.05, 4.69) is 0 Å². The van der Waals surface area contributed by atoms with Crippen LogP contribution in [0.1, 0.15) is 15.2 Å². The van der Waals surface area contributed by atoms with E-state index >= 15 is 0 Å². The van der Waals surface area contributed by atoms with Crippen molar-refractivity contribution in [2.45, 2.75) is 11.4 Å². The third-order valence-electron chi connectivity index (χ3n) is 4.03. The quantitative estimate of drug-likeness (QED) is 0.696. The summed E-state index contributed by atoms with van der Waals surface area (Å²) in [6.07, 6.45) is 0. The fraction of sp³-hybridized carbons (Fsp3) is 0.167. The van der Waals surface area contributed by atoms with Gasteiger partial charge in [0, 0.05) is 13.6 Å². The van der Waals surface area contributed by atoms with Gasteiger partial charge in [0.25, 0.3) is 0 Å². The molecule has 6 nitrogen and oxygen atoms in total. The van der Waals surface area contributed by atoms with E-state index in [9.17, 15) is 13.2 Å². The first-order valence-electron chi connectivity index (χ1n) is 7.67. The summed E-state index contributed by atoms with van der Waals surface area (Å²) in [4.78, 5) is 10.9. The Morgan fingerprint density at radius 1 is 1.15 bits per heavy atom. The highest BCUT2D eigenvalue weighted by atomic mass is 32.2. The highest BCUT2D eigenvalue weighted by molar-refractivity contribution is 7.89. The third-order valence-corrected chi connectivity index (χ3v) is 6.91. The maximum absolute atomic E-state index is 12.7. The predicted molar refractivity (Wildman–Crippen MR) is 100 cm³/mol. The number of carboxylic acid groups (broad SMARTS) is 1. The van der Waals surface area contributed by atoms with Gasteiger partial charge in [0.1, 0.15) is 15.5 Å². The maximum Gasteiger partial charge on any atom is 0.347 e. The number of benzene rings is 2. The van der Waals surface area contributed by atoms with Crippen LogP contribution in [0.25, 0.3) is 10.8 Å². The number of thiophene rings is 1. The van der Waals surface area contributed by atoms with Crippen molar-refractivity contribution in [2.24, 2.45) is 0 Å². The summed E-state index contributed by atoms with van der Waals surface area (Å²) in [5, 5.41) is 12.6. The zero-order valence-electron chi connectivity index (χ0n) is 14.2. The van der Waals surface area contributed by atoms with Gasteiger partial charge in [-0.05, 0) is 46.0 Å². The molecule has 1 N–H and O–H groups in total. The topological polar surface area (TPSA) is 83.9 Å². The Morgan fingerprint density at radius 3 is 2.54 bits per heavy atom. The summed E-state index contributed by atoms with van der Waals surface area (Å²) in [6.45, 7) is 0.138. The van der Waals surface area contributed by atoms with Gasteiger partial charge in [-0.25, -0.2) is 13.2 Å². The van der Waals surface area contributed by atoms with E-state index in [1.807, 2.05) is 36.4 Å². The second-order valence-corrected chi connectivity index (χ2v) is 8.66. The van der Waals surface area contributed by atoms with Crippen molar-refractivity contribution in [1.82, 2.24) is 4.31 Å². The molecule has 3 rings (SSSR count). The Balaban J connectivity index is 1.89. The fourth-order valence-electron chi connectivity index (χ4n) is 2.67. The summed E-state index contributed by atoms with van der Waals surface area (Å²) in [6, 6.07) is 12.6. The Kier molecular flexibility index (Phi) is 4.99. The van der Waals surface area contributed by atoms with Gasteiger partial charge in [0.05, 0.1) is 7.11 Å². The van der Waals surface area contributed by atoms with E-state index in [0.717, 1.165) is 37.7 Å². The van der Waals surface area contributed by atoms with Gasteiger partial charge in [0.15, 0.2) is 0 Å². The smallest absolute Gasteiger partial charge is 0.347 e. The van der Waals surface area contributed by atoms with Gasteiger partial charge < -0.3 is 9.84 Å². The van der Waals surface area contributed by atoms with Gasteiger partial charge in [-0.15, -0.1) is 11.3 Å². The van der Waals surface area contributed by atoms with Crippen LogP contribution in [-0.4, -0.2) is 38.0 Å². The number of ether oxygens (including phenoxy) is 1. The normalized spacial score (nSPS) is 11.8. The first-order valence-corrected chi connectivity index (χ1v) is 9.98. The molecule has 8 heteroatoms. The molecule has 0 saturated carbocycles. The molecule has 3 aromatic rings. The van der Waals surface area contributed by atoms with Crippen LogP contribution in [0.15, 0.2) is 52.7 Å². The molecule has 0 bridgehead atoms. The average molecular weight is 391 g/mol. The highest BCUT2D eigenvalue weighted by Gasteiger charge is 2.27. The average Bonchev–Trinajstić information content (AvgIpc) is 3.12. The molecular formula is C18H17NO5S2. The standard InChI is InChI=1S/C18H17NO5S2/c1-19(26(22,23)16-7-8-25-17(16)18(20)21)11-12-3-4-14-10-15(24-2)6-5-13(14)9-12/h3-10H,11H2,1-2H3,(H,20,21). The van der Waals surface area contributed by atoms with E-state index in [1.54, 1.807) is 7.11 Å². The lowest BCUT2D eigenvalue weighted by atomic mass is 10.1. The summed E-state index contributed by atoms with van der Waals surface area (Å²) in [7, 11) is -0.847. The lowest BCUT2D eigenvalue weighted by molar-refractivity contribution is 0.0698. The highest BCUT2D eigenvalue weighted by Crippen LogP contribution is 2.27.